The summed E-state index contributed by atoms with van der Waals surface area (Å²) >= 11 is 1.92. The van der Waals surface area contributed by atoms with Crippen molar-refractivity contribution in [3.63, 3.8) is 0 Å². The van der Waals surface area contributed by atoms with Crippen LogP contribution in [0.2, 0.25) is 0 Å². The summed E-state index contributed by atoms with van der Waals surface area (Å²) in [6, 6.07) is 89.9. The van der Waals surface area contributed by atoms with Gasteiger partial charge in [0.2, 0.25) is 0 Å². The summed E-state index contributed by atoms with van der Waals surface area (Å²) in [6.07, 6.45) is 0. The third-order valence-electron chi connectivity index (χ3n) is 16.1. The molecule has 0 bridgehead atoms. The molecule has 1 nitrogen and oxygen atoms in total. The first-order chi connectivity index (χ1) is 33.8. The maximum absolute atomic E-state index is 2.67. The van der Waals surface area contributed by atoms with Crippen molar-refractivity contribution in [1.82, 2.24) is 0 Å². The summed E-state index contributed by atoms with van der Waals surface area (Å²) in [5, 5.41) is 5.18. The number of anilines is 3. The number of thiophene rings is 1. The topological polar surface area (TPSA) is 3.24 Å². The number of benzene rings is 11. The quantitative estimate of drug-likeness (QED) is 0.171. The minimum Gasteiger partial charge on any atom is -0.308 e. The Labute approximate surface area is 398 Å². The molecule has 2 spiro atoms. The largest absolute Gasteiger partial charge is 0.308 e. The van der Waals surface area contributed by atoms with Gasteiger partial charge in [-0.2, -0.15) is 0 Å². The number of nitrogens with zero attached hydrogens (tertiary/aromatic N) is 1. The third kappa shape index (κ3) is 4.30. The lowest BCUT2D eigenvalue weighted by atomic mass is 9.70. The van der Waals surface area contributed by atoms with Crippen LogP contribution in [-0.2, 0) is 10.8 Å². The molecule has 4 aliphatic carbocycles. The summed E-state index contributed by atoms with van der Waals surface area (Å²) in [5.74, 6) is 0. The summed E-state index contributed by atoms with van der Waals surface area (Å²) < 4.78 is 2.58. The zero-order valence-corrected chi connectivity index (χ0v) is 37.7. The van der Waals surface area contributed by atoms with Crippen molar-refractivity contribution in [2.45, 2.75) is 10.8 Å². The molecule has 0 saturated heterocycles. The van der Waals surface area contributed by atoms with Crippen molar-refractivity contribution in [3.8, 4) is 44.5 Å². The Morgan fingerprint density at radius 3 is 1.15 bits per heavy atom. The minimum absolute atomic E-state index is 0.476. The van der Waals surface area contributed by atoms with Crippen LogP contribution in [0.4, 0.5) is 17.1 Å². The van der Waals surface area contributed by atoms with E-state index < -0.39 is 10.8 Å². The van der Waals surface area contributed by atoms with Gasteiger partial charge in [0.1, 0.15) is 0 Å². The fraction of sp³-hybridized carbons (Fsp3) is 0.0303. The number of hydrogen-bond acceptors (Lipinski definition) is 2. The lowest BCUT2D eigenvalue weighted by Gasteiger charge is -2.33. The lowest BCUT2D eigenvalue weighted by Crippen LogP contribution is -2.26. The molecule has 0 unspecified atom stereocenters. The van der Waals surface area contributed by atoms with Gasteiger partial charge >= 0.3 is 0 Å². The van der Waals surface area contributed by atoms with E-state index in [1.54, 1.807) is 0 Å². The van der Waals surface area contributed by atoms with Gasteiger partial charge in [-0.1, -0.05) is 212 Å². The van der Waals surface area contributed by atoms with E-state index in [1.165, 1.54) is 137 Å². The number of hydrogen-bond donors (Lipinski definition) is 0. The second kappa shape index (κ2) is 13.2. The fourth-order valence-corrected chi connectivity index (χ4v) is 15.0. The fourth-order valence-electron chi connectivity index (χ4n) is 13.7. The smallest absolute Gasteiger partial charge is 0.0726 e. The van der Waals surface area contributed by atoms with Crippen LogP contribution in [0.25, 0.3) is 75.5 Å². The molecule has 0 fully saturated rings. The highest BCUT2D eigenvalue weighted by atomic mass is 32.1. The molecule has 0 atom stereocenters. The van der Waals surface area contributed by atoms with Crippen molar-refractivity contribution in [2.75, 3.05) is 4.90 Å². The molecular formula is C66H39NS. The maximum atomic E-state index is 2.67. The van der Waals surface area contributed by atoms with E-state index in [4.69, 9.17) is 0 Å². The van der Waals surface area contributed by atoms with Crippen LogP contribution >= 0.6 is 11.3 Å². The Kier molecular flexibility index (Phi) is 7.15. The standard InChI is InChI=1S/C66H39NS/c1-2-19-41-40(18-1)38-39-60-61(41)48-26-15-37-59(64(48)68-60)67(57-35-16-33-55-62(57)46-24-7-13-31-53(46)65(55)49-27-9-3-20-42(49)43-21-4-10-28-50(43)65)58-36-17-34-56-63(58)47-25-8-14-32-54(47)66(56)51-29-11-5-22-44(51)45-23-6-12-30-52(45)66/h1-39H. The van der Waals surface area contributed by atoms with E-state index in [-0.39, 0.29) is 0 Å². The summed E-state index contributed by atoms with van der Waals surface area (Å²) in [4.78, 5) is 2.67. The van der Waals surface area contributed by atoms with Crippen molar-refractivity contribution in [2.24, 2.45) is 0 Å². The van der Waals surface area contributed by atoms with Gasteiger partial charge < -0.3 is 4.90 Å². The molecule has 2 heteroatoms. The Morgan fingerprint density at radius 2 is 0.647 bits per heavy atom. The zero-order valence-electron chi connectivity index (χ0n) is 36.9. The van der Waals surface area contributed by atoms with E-state index in [0.29, 0.717) is 0 Å². The average molecular weight is 878 g/mol. The van der Waals surface area contributed by atoms with Crippen molar-refractivity contribution >= 4 is 59.3 Å². The molecule has 0 amide bonds. The second-order valence-corrected chi connectivity index (χ2v) is 20.0. The highest BCUT2D eigenvalue weighted by molar-refractivity contribution is 7.26. The molecule has 0 radical (unpaired) electrons. The van der Waals surface area contributed by atoms with Crippen LogP contribution in [0, 0.1) is 0 Å². The van der Waals surface area contributed by atoms with Gasteiger partial charge in [0.15, 0.2) is 0 Å². The van der Waals surface area contributed by atoms with Crippen molar-refractivity contribution in [1.29, 1.82) is 0 Å². The minimum atomic E-state index is -0.476. The Bertz CT molecular complexity index is 3900. The molecule has 1 aromatic heterocycles. The first-order valence-corrected chi connectivity index (χ1v) is 24.6. The van der Waals surface area contributed by atoms with Crippen molar-refractivity contribution in [3.05, 3.63) is 281 Å². The van der Waals surface area contributed by atoms with Crippen LogP contribution < -0.4 is 4.90 Å². The summed E-state index contributed by atoms with van der Waals surface area (Å²) in [7, 11) is 0. The highest BCUT2D eigenvalue weighted by Crippen LogP contribution is 2.68. The van der Waals surface area contributed by atoms with Crippen LogP contribution in [-0.4, -0.2) is 0 Å². The van der Waals surface area contributed by atoms with Crippen LogP contribution in [0.15, 0.2) is 237 Å². The van der Waals surface area contributed by atoms with Crippen molar-refractivity contribution < 1.29 is 0 Å². The van der Waals surface area contributed by atoms with E-state index >= 15 is 0 Å². The molecule has 0 aliphatic heterocycles. The Balaban J connectivity index is 1.06. The SMILES string of the molecule is c1ccc2c(c1)-c1ccccc1C21c2ccccc2-c2c(N(c3cccc4c3-c3ccccc3C43c4ccccc4-c4ccccc43)c3cccc4c3sc3ccc5ccccc5c34)cccc21. The Morgan fingerprint density at radius 1 is 0.279 bits per heavy atom. The molecule has 16 rings (SSSR count). The van der Waals surface area contributed by atoms with E-state index in [0.717, 1.165) is 0 Å². The van der Waals surface area contributed by atoms with Crippen LogP contribution in [0.5, 0.6) is 0 Å². The predicted molar refractivity (Wildman–Crippen MR) is 284 cm³/mol. The normalized spacial score (nSPS) is 14.4. The molecule has 314 valence electrons. The number of fused-ring (bicyclic) bond motifs is 25. The highest BCUT2D eigenvalue weighted by Gasteiger charge is 2.54. The van der Waals surface area contributed by atoms with Gasteiger partial charge in [-0.25, -0.2) is 0 Å². The average Bonchev–Trinajstić information content (AvgIpc) is 4.18. The molecule has 12 aromatic rings. The molecule has 68 heavy (non-hydrogen) atoms. The molecular weight excluding hydrogens is 839 g/mol. The predicted octanol–water partition coefficient (Wildman–Crippen LogP) is 17.4. The van der Waals surface area contributed by atoms with Gasteiger partial charge in [-0.3, -0.25) is 0 Å². The van der Waals surface area contributed by atoms with E-state index in [2.05, 4.69) is 241 Å². The summed E-state index contributed by atoms with van der Waals surface area (Å²) in [5.41, 5.74) is 23.7. The summed E-state index contributed by atoms with van der Waals surface area (Å²) in [6.45, 7) is 0. The first kappa shape index (κ1) is 36.9. The molecule has 0 N–H and O–H groups in total. The van der Waals surface area contributed by atoms with Gasteiger partial charge in [0, 0.05) is 26.6 Å². The molecule has 0 saturated carbocycles. The lowest BCUT2D eigenvalue weighted by molar-refractivity contribution is 0.793. The van der Waals surface area contributed by atoms with E-state index in [9.17, 15) is 0 Å². The molecule has 1 heterocycles. The third-order valence-corrected chi connectivity index (χ3v) is 17.3. The maximum Gasteiger partial charge on any atom is 0.0726 e. The zero-order chi connectivity index (χ0) is 44.3. The number of rotatable bonds is 3. The monoisotopic (exact) mass is 877 g/mol. The van der Waals surface area contributed by atoms with Crippen LogP contribution in [0.3, 0.4) is 0 Å². The molecule has 11 aromatic carbocycles. The van der Waals surface area contributed by atoms with E-state index in [1.807, 2.05) is 11.3 Å². The second-order valence-electron chi connectivity index (χ2n) is 18.9. The van der Waals surface area contributed by atoms with Gasteiger partial charge in [0.25, 0.3) is 0 Å². The molecule has 4 aliphatic rings. The van der Waals surface area contributed by atoms with Gasteiger partial charge in [-0.05, 0) is 113 Å². The van der Waals surface area contributed by atoms with Gasteiger partial charge in [-0.15, -0.1) is 11.3 Å². The first-order valence-electron chi connectivity index (χ1n) is 23.8. The van der Waals surface area contributed by atoms with Crippen LogP contribution in [0.1, 0.15) is 44.5 Å². The van der Waals surface area contributed by atoms with Gasteiger partial charge in [0.05, 0.1) is 32.6 Å². The Hall–Kier alpha value is -8.30.